The molecule has 0 unspecified atom stereocenters. The Kier molecular flexibility index (Phi) is 5.33. The lowest BCUT2D eigenvalue weighted by molar-refractivity contribution is 0.0600. The Morgan fingerprint density at radius 1 is 1.35 bits per heavy atom. The lowest BCUT2D eigenvalue weighted by atomic mass is 10.2. The molecule has 0 radical (unpaired) electrons. The molecule has 1 aromatic carbocycles. The van der Waals surface area contributed by atoms with E-state index in [0.717, 1.165) is 19.3 Å². The van der Waals surface area contributed by atoms with Crippen LogP contribution in [0, 0.1) is 0 Å². The Morgan fingerprint density at radius 3 is 2.76 bits per heavy atom. The van der Waals surface area contributed by atoms with Gasteiger partial charge in [-0.3, -0.25) is 0 Å². The van der Waals surface area contributed by atoms with Gasteiger partial charge in [0.15, 0.2) is 0 Å². The SMILES string of the molecule is CCCCCOc1cc(C(=O)OC)ccc1N. The van der Waals surface area contributed by atoms with Gasteiger partial charge in [-0.1, -0.05) is 19.8 Å². The average molecular weight is 237 g/mol. The summed E-state index contributed by atoms with van der Waals surface area (Å²) in [6, 6.07) is 4.90. The molecule has 0 fully saturated rings. The van der Waals surface area contributed by atoms with Crippen LogP contribution in [-0.2, 0) is 4.74 Å². The molecule has 0 aliphatic heterocycles. The zero-order valence-corrected chi connectivity index (χ0v) is 10.4. The van der Waals surface area contributed by atoms with Crippen LogP contribution >= 0.6 is 0 Å². The number of nitrogen functional groups attached to an aromatic ring is 1. The van der Waals surface area contributed by atoms with Crippen molar-refractivity contribution in [2.24, 2.45) is 0 Å². The van der Waals surface area contributed by atoms with E-state index in [2.05, 4.69) is 11.7 Å². The maximum Gasteiger partial charge on any atom is 0.337 e. The van der Waals surface area contributed by atoms with Crippen molar-refractivity contribution in [3.63, 3.8) is 0 Å². The van der Waals surface area contributed by atoms with Crippen LogP contribution in [0.1, 0.15) is 36.5 Å². The molecular formula is C13H19NO3. The second kappa shape index (κ2) is 6.78. The van der Waals surface area contributed by atoms with Gasteiger partial charge >= 0.3 is 5.97 Å². The lowest BCUT2D eigenvalue weighted by Crippen LogP contribution is -2.05. The van der Waals surface area contributed by atoms with Gasteiger partial charge < -0.3 is 15.2 Å². The molecule has 0 atom stereocenters. The van der Waals surface area contributed by atoms with Crippen molar-refractivity contribution in [1.82, 2.24) is 0 Å². The minimum absolute atomic E-state index is 0.386. The molecule has 4 nitrogen and oxygen atoms in total. The van der Waals surface area contributed by atoms with Gasteiger partial charge in [0.1, 0.15) is 5.75 Å². The van der Waals surface area contributed by atoms with Crippen LogP contribution < -0.4 is 10.5 Å². The third kappa shape index (κ3) is 3.98. The Morgan fingerprint density at radius 2 is 2.12 bits per heavy atom. The second-order valence-corrected chi connectivity index (χ2v) is 3.80. The van der Waals surface area contributed by atoms with Crippen molar-refractivity contribution in [3.05, 3.63) is 23.8 Å². The summed E-state index contributed by atoms with van der Waals surface area (Å²) in [5.74, 6) is 0.160. The number of methoxy groups -OCH3 is 1. The van der Waals surface area contributed by atoms with Gasteiger partial charge in [-0.05, 0) is 24.6 Å². The molecule has 0 aromatic heterocycles. The van der Waals surface area contributed by atoms with Gasteiger partial charge in [0.25, 0.3) is 0 Å². The molecule has 2 N–H and O–H groups in total. The third-order valence-electron chi connectivity index (χ3n) is 2.44. The zero-order chi connectivity index (χ0) is 12.7. The van der Waals surface area contributed by atoms with Crippen LogP contribution in [0.5, 0.6) is 5.75 Å². The summed E-state index contributed by atoms with van der Waals surface area (Å²) in [4.78, 5) is 11.3. The molecule has 4 heteroatoms. The summed E-state index contributed by atoms with van der Waals surface area (Å²) in [5.41, 5.74) is 6.76. The first-order chi connectivity index (χ1) is 8.19. The normalized spacial score (nSPS) is 10.0. The molecule has 0 heterocycles. The van der Waals surface area contributed by atoms with Crippen LogP contribution in [0.2, 0.25) is 0 Å². The van der Waals surface area contributed by atoms with E-state index in [9.17, 15) is 4.79 Å². The minimum atomic E-state index is -0.386. The lowest BCUT2D eigenvalue weighted by Gasteiger charge is -2.09. The van der Waals surface area contributed by atoms with Crippen LogP contribution in [0.15, 0.2) is 18.2 Å². The molecule has 0 aliphatic carbocycles. The first-order valence-electron chi connectivity index (χ1n) is 5.79. The predicted molar refractivity (Wildman–Crippen MR) is 67.2 cm³/mol. The summed E-state index contributed by atoms with van der Waals surface area (Å²) in [7, 11) is 1.35. The minimum Gasteiger partial charge on any atom is -0.491 e. The van der Waals surface area contributed by atoms with Crippen molar-refractivity contribution in [3.8, 4) is 5.75 Å². The van der Waals surface area contributed by atoms with Gasteiger partial charge in [-0.25, -0.2) is 4.79 Å². The number of nitrogens with two attached hydrogens (primary N) is 1. The predicted octanol–water partition coefficient (Wildman–Crippen LogP) is 2.62. The van der Waals surface area contributed by atoms with E-state index in [4.69, 9.17) is 10.5 Å². The summed E-state index contributed by atoms with van der Waals surface area (Å²) < 4.78 is 10.2. The first kappa shape index (κ1) is 13.4. The van der Waals surface area contributed by atoms with Gasteiger partial charge in [-0.15, -0.1) is 0 Å². The standard InChI is InChI=1S/C13H19NO3/c1-3-4-5-8-17-12-9-10(13(15)16-2)6-7-11(12)14/h6-7,9H,3-5,8,14H2,1-2H3. The van der Waals surface area contributed by atoms with E-state index in [1.807, 2.05) is 0 Å². The number of benzene rings is 1. The van der Waals surface area contributed by atoms with Crippen LogP contribution in [0.25, 0.3) is 0 Å². The van der Waals surface area contributed by atoms with Crippen LogP contribution in [-0.4, -0.2) is 19.7 Å². The maximum atomic E-state index is 11.3. The fraction of sp³-hybridized carbons (Fsp3) is 0.462. The highest BCUT2D eigenvalue weighted by Gasteiger charge is 2.09. The van der Waals surface area contributed by atoms with Crippen molar-refractivity contribution in [2.75, 3.05) is 19.5 Å². The quantitative estimate of drug-likeness (QED) is 0.469. The summed E-state index contributed by atoms with van der Waals surface area (Å²) in [5, 5.41) is 0. The average Bonchev–Trinajstić information content (AvgIpc) is 2.35. The smallest absolute Gasteiger partial charge is 0.337 e. The monoisotopic (exact) mass is 237 g/mol. The van der Waals surface area contributed by atoms with E-state index in [1.165, 1.54) is 7.11 Å². The Hall–Kier alpha value is -1.71. The van der Waals surface area contributed by atoms with Crippen LogP contribution in [0.4, 0.5) is 5.69 Å². The molecule has 0 aliphatic rings. The summed E-state index contributed by atoms with van der Waals surface area (Å²) >= 11 is 0. The summed E-state index contributed by atoms with van der Waals surface area (Å²) in [6.07, 6.45) is 3.25. The highest BCUT2D eigenvalue weighted by atomic mass is 16.5. The number of esters is 1. The molecule has 0 spiro atoms. The van der Waals surface area contributed by atoms with Gasteiger partial charge in [-0.2, -0.15) is 0 Å². The number of anilines is 1. The number of hydrogen-bond acceptors (Lipinski definition) is 4. The topological polar surface area (TPSA) is 61.5 Å². The fourth-order valence-electron chi connectivity index (χ4n) is 1.44. The van der Waals surface area contributed by atoms with Crippen molar-refractivity contribution >= 4 is 11.7 Å². The molecule has 0 saturated carbocycles. The molecule has 0 bridgehead atoms. The van der Waals surface area contributed by atoms with E-state index >= 15 is 0 Å². The molecule has 0 saturated heterocycles. The van der Waals surface area contributed by atoms with Crippen molar-refractivity contribution in [1.29, 1.82) is 0 Å². The van der Waals surface area contributed by atoms with Crippen LogP contribution in [0.3, 0.4) is 0 Å². The Labute approximate surface area is 102 Å². The zero-order valence-electron chi connectivity index (χ0n) is 10.4. The number of carbonyl (C=O) groups is 1. The fourth-order valence-corrected chi connectivity index (χ4v) is 1.44. The molecule has 0 amide bonds. The second-order valence-electron chi connectivity index (χ2n) is 3.80. The molecular weight excluding hydrogens is 218 g/mol. The first-order valence-corrected chi connectivity index (χ1v) is 5.79. The molecule has 17 heavy (non-hydrogen) atoms. The highest BCUT2D eigenvalue weighted by Crippen LogP contribution is 2.23. The van der Waals surface area contributed by atoms with E-state index in [1.54, 1.807) is 18.2 Å². The van der Waals surface area contributed by atoms with E-state index in [-0.39, 0.29) is 5.97 Å². The van der Waals surface area contributed by atoms with E-state index < -0.39 is 0 Å². The van der Waals surface area contributed by atoms with Gasteiger partial charge in [0, 0.05) is 0 Å². The summed E-state index contributed by atoms with van der Waals surface area (Å²) in [6.45, 7) is 2.74. The number of carbonyl (C=O) groups excluding carboxylic acids is 1. The van der Waals surface area contributed by atoms with Crippen molar-refractivity contribution in [2.45, 2.75) is 26.2 Å². The number of rotatable bonds is 6. The molecule has 94 valence electrons. The highest BCUT2D eigenvalue weighted by molar-refractivity contribution is 5.90. The van der Waals surface area contributed by atoms with Gasteiger partial charge in [0.05, 0.1) is 25.0 Å². The number of unbranched alkanes of at least 4 members (excludes halogenated alkanes) is 2. The third-order valence-corrected chi connectivity index (χ3v) is 2.44. The number of hydrogen-bond donors (Lipinski definition) is 1. The van der Waals surface area contributed by atoms with Gasteiger partial charge in [0.2, 0.25) is 0 Å². The molecule has 1 rings (SSSR count). The maximum absolute atomic E-state index is 11.3. The Bertz CT molecular complexity index is 377. The van der Waals surface area contributed by atoms with Crippen molar-refractivity contribution < 1.29 is 14.3 Å². The largest absolute Gasteiger partial charge is 0.491 e. The molecule has 1 aromatic rings. The number of ether oxygens (including phenoxy) is 2. The Balaban J connectivity index is 2.66. The van der Waals surface area contributed by atoms with E-state index in [0.29, 0.717) is 23.6 Å².